The van der Waals surface area contributed by atoms with Crippen LogP contribution >= 0.6 is 0 Å². The molecule has 1 fully saturated rings. The summed E-state index contributed by atoms with van der Waals surface area (Å²) in [6.45, 7) is 1.94. The molecule has 18 heavy (non-hydrogen) atoms. The van der Waals surface area contributed by atoms with E-state index in [2.05, 4.69) is 0 Å². The van der Waals surface area contributed by atoms with Crippen molar-refractivity contribution < 1.29 is 4.79 Å². The molecule has 98 valence electrons. The largest absolute Gasteiger partial charge is 0.398 e. The highest BCUT2D eigenvalue weighted by Gasteiger charge is 2.24. The average molecular weight is 246 g/mol. The highest BCUT2D eigenvalue weighted by Crippen LogP contribution is 2.25. The van der Waals surface area contributed by atoms with E-state index in [0.717, 1.165) is 18.4 Å². The van der Waals surface area contributed by atoms with E-state index in [0.29, 0.717) is 17.3 Å². The molecule has 1 aliphatic carbocycles. The fourth-order valence-corrected chi connectivity index (χ4v) is 2.79. The first kappa shape index (κ1) is 12.9. The zero-order valence-corrected chi connectivity index (χ0v) is 11.3. The molecule has 0 atom stereocenters. The average Bonchev–Trinajstić information content (AvgIpc) is 2.38. The van der Waals surface area contributed by atoms with Gasteiger partial charge in [0, 0.05) is 18.8 Å². The van der Waals surface area contributed by atoms with Gasteiger partial charge in [-0.1, -0.05) is 31.4 Å². The number of hydrogen-bond acceptors (Lipinski definition) is 2. The second-order valence-electron chi connectivity index (χ2n) is 5.25. The van der Waals surface area contributed by atoms with Crippen LogP contribution in [0.3, 0.4) is 0 Å². The molecular formula is C15H22N2O. The van der Waals surface area contributed by atoms with E-state index >= 15 is 0 Å². The Hall–Kier alpha value is -1.51. The van der Waals surface area contributed by atoms with Crippen LogP contribution in [-0.4, -0.2) is 23.9 Å². The van der Waals surface area contributed by atoms with Gasteiger partial charge in [0.2, 0.25) is 0 Å². The third kappa shape index (κ3) is 2.50. The molecular weight excluding hydrogens is 224 g/mol. The van der Waals surface area contributed by atoms with Gasteiger partial charge >= 0.3 is 0 Å². The van der Waals surface area contributed by atoms with Crippen LogP contribution in [0.25, 0.3) is 0 Å². The molecule has 0 saturated heterocycles. The third-order valence-electron chi connectivity index (χ3n) is 3.96. The van der Waals surface area contributed by atoms with Crippen molar-refractivity contribution in [3.05, 3.63) is 29.3 Å². The van der Waals surface area contributed by atoms with Gasteiger partial charge in [0.25, 0.3) is 5.91 Å². The second-order valence-corrected chi connectivity index (χ2v) is 5.25. The summed E-state index contributed by atoms with van der Waals surface area (Å²) in [5, 5.41) is 0. The minimum absolute atomic E-state index is 0.0671. The summed E-state index contributed by atoms with van der Waals surface area (Å²) in [6.07, 6.45) is 5.99. The van der Waals surface area contributed by atoms with Gasteiger partial charge in [-0.05, 0) is 31.4 Å². The molecule has 0 radical (unpaired) electrons. The van der Waals surface area contributed by atoms with Gasteiger partial charge in [-0.2, -0.15) is 0 Å². The lowest BCUT2D eigenvalue weighted by atomic mass is 9.93. The van der Waals surface area contributed by atoms with Crippen LogP contribution in [-0.2, 0) is 0 Å². The molecule has 1 saturated carbocycles. The van der Waals surface area contributed by atoms with E-state index in [4.69, 9.17) is 5.73 Å². The number of anilines is 1. The number of nitrogens with two attached hydrogens (primary N) is 1. The van der Waals surface area contributed by atoms with Crippen LogP contribution in [0.4, 0.5) is 5.69 Å². The van der Waals surface area contributed by atoms with Crippen LogP contribution in [0.1, 0.15) is 48.0 Å². The lowest BCUT2D eigenvalue weighted by Crippen LogP contribution is -2.38. The number of nitrogen functional groups attached to an aromatic ring is 1. The van der Waals surface area contributed by atoms with E-state index in [1.54, 1.807) is 6.07 Å². The molecule has 2 N–H and O–H groups in total. The maximum Gasteiger partial charge on any atom is 0.256 e. The molecule has 3 nitrogen and oxygen atoms in total. The summed E-state index contributed by atoms with van der Waals surface area (Å²) >= 11 is 0. The Balaban J connectivity index is 2.19. The number of carbonyl (C=O) groups excluding carboxylic acids is 1. The second kappa shape index (κ2) is 5.42. The lowest BCUT2D eigenvalue weighted by molar-refractivity contribution is 0.0696. The van der Waals surface area contributed by atoms with Crippen LogP contribution in [0.5, 0.6) is 0 Å². The molecule has 3 heteroatoms. The lowest BCUT2D eigenvalue weighted by Gasteiger charge is -2.31. The van der Waals surface area contributed by atoms with E-state index in [-0.39, 0.29) is 5.91 Å². The predicted molar refractivity (Wildman–Crippen MR) is 74.6 cm³/mol. The number of hydrogen-bond donors (Lipinski definition) is 1. The summed E-state index contributed by atoms with van der Waals surface area (Å²) < 4.78 is 0. The fourth-order valence-electron chi connectivity index (χ4n) is 2.79. The molecule has 0 aliphatic heterocycles. The van der Waals surface area contributed by atoms with E-state index < -0.39 is 0 Å². The maximum atomic E-state index is 12.5. The Morgan fingerprint density at radius 1 is 1.28 bits per heavy atom. The van der Waals surface area contributed by atoms with Gasteiger partial charge < -0.3 is 10.6 Å². The van der Waals surface area contributed by atoms with Gasteiger partial charge in [0.05, 0.1) is 5.56 Å². The van der Waals surface area contributed by atoms with Crippen molar-refractivity contribution in [1.29, 1.82) is 0 Å². The van der Waals surface area contributed by atoms with Crippen molar-refractivity contribution in [3.63, 3.8) is 0 Å². The summed E-state index contributed by atoms with van der Waals surface area (Å²) in [6, 6.07) is 6.01. The van der Waals surface area contributed by atoms with Gasteiger partial charge in [-0.3, -0.25) is 4.79 Å². The highest BCUT2D eigenvalue weighted by atomic mass is 16.2. The number of rotatable bonds is 2. The molecule has 0 unspecified atom stereocenters. The molecule has 0 aromatic heterocycles. The zero-order valence-electron chi connectivity index (χ0n) is 11.3. The van der Waals surface area contributed by atoms with Gasteiger partial charge in [0.1, 0.15) is 0 Å². The van der Waals surface area contributed by atoms with Crippen molar-refractivity contribution in [2.45, 2.75) is 45.1 Å². The Morgan fingerprint density at radius 2 is 1.94 bits per heavy atom. The molecule has 0 bridgehead atoms. The normalized spacial score (nSPS) is 16.6. The van der Waals surface area contributed by atoms with Crippen molar-refractivity contribution in [2.24, 2.45) is 0 Å². The van der Waals surface area contributed by atoms with Crippen molar-refractivity contribution in [2.75, 3.05) is 12.8 Å². The fraction of sp³-hybridized carbons (Fsp3) is 0.533. The van der Waals surface area contributed by atoms with E-state index in [9.17, 15) is 4.79 Å². The molecule has 0 spiro atoms. The van der Waals surface area contributed by atoms with Crippen LogP contribution in [0, 0.1) is 6.92 Å². The first-order valence-corrected chi connectivity index (χ1v) is 6.73. The molecule has 2 rings (SSSR count). The number of benzene rings is 1. The minimum atomic E-state index is 0.0671. The highest BCUT2D eigenvalue weighted by molar-refractivity contribution is 6.00. The first-order valence-electron chi connectivity index (χ1n) is 6.73. The van der Waals surface area contributed by atoms with Crippen LogP contribution in [0.2, 0.25) is 0 Å². The summed E-state index contributed by atoms with van der Waals surface area (Å²) in [5.41, 5.74) is 8.16. The molecule has 1 aliphatic rings. The monoisotopic (exact) mass is 246 g/mol. The number of nitrogens with zero attached hydrogens (tertiary/aromatic N) is 1. The Bertz CT molecular complexity index is 416. The number of amides is 1. The Kier molecular flexibility index (Phi) is 3.90. The summed E-state index contributed by atoms with van der Waals surface area (Å²) in [7, 11) is 1.91. The first-order chi connectivity index (χ1) is 8.61. The van der Waals surface area contributed by atoms with Crippen molar-refractivity contribution in [1.82, 2.24) is 4.90 Å². The minimum Gasteiger partial charge on any atom is -0.398 e. The number of aryl methyl sites for hydroxylation is 1. The number of carbonyl (C=O) groups is 1. The Labute approximate surface area is 109 Å². The van der Waals surface area contributed by atoms with Gasteiger partial charge in [-0.15, -0.1) is 0 Å². The summed E-state index contributed by atoms with van der Waals surface area (Å²) in [4.78, 5) is 14.4. The quantitative estimate of drug-likeness (QED) is 0.815. The van der Waals surface area contributed by atoms with E-state index in [1.807, 2.05) is 31.0 Å². The predicted octanol–water partition coefficient (Wildman–Crippen LogP) is 2.98. The molecule has 1 aromatic carbocycles. The topological polar surface area (TPSA) is 46.3 Å². The summed E-state index contributed by atoms with van der Waals surface area (Å²) in [5.74, 6) is 0.0671. The van der Waals surface area contributed by atoms with Crippen LogP contribution < -0.4 is 5.73 Å². The SMILES string of the molecule is Cc1cccc(N)c1C(=O)N(C)C1CCCCC1. The van der Waals surface area contributed by atoms with Crippen molar-refractivity contribution in [3.8, 4) is 0 Å². The third-order valence-corrected chi connectivity index (χ3v) is 3.96. The molecule has 1 amide bonds. The zero-order chi connectivity index (χ0) is 13.1. The van der Waals surface area contributed by atoms with Crippen molar-refractivity contribution >= 4 is 11.6 Å². The van der Waals surface area contributed by atoms with Crippen LogP contribution in [0.15, 0.2) is 18.2 Å². The van der Waals surface area contributed by atoms with E-state index in [1.165, 1.54) is 19.3 Å². The van der Waals surface area contributed by atoms with Gasteiger partial charge in [-0.25, -0.2) is 0 Å². The van der Waals surface area contributed by atoms with Gasteiger partial charge in [0.15, 0.2) is 0 Å². The molecule has 1 aromatic rings. The molecule has 0 heterocycles. The Morgan fingerprint density at radius 3 is 2.56 bits per heavy atom. The standard InChI is InChI=1S/C15H22N2O/c1-11-7-6-10-13(16)14(11)15(18)17(2)12-8-4-3-5-9-12/h6-7,10,12H,3-5,8-9,16H2,1-2H3. The maximum absolute atomic E-state index is 12.5. The smallest absolute Gasteiger partial charge is 0.256 e.